The summed E-state index contributed by atoms with van der Waals surface area (Å²) in [6.07, 6.45) is 3.23. The molecular weight excluding hydrogens is 488 g/mol. The molecule has 0 saturated carbocycles. The number of rotatable bonds is 10. The SMILES string of the molecule is CCCCc1nc(C)c(Cc2cccc(CO)c2)c(=O)n1Cc1ccc(-c2ccccc2-c2nn[nH]n2)cc1. The van der Waals surface area contributed by atoms with Gasteiger partial charge in [-0.05, 0) is 46.4 Å². The molecule has 0 aliphatic rings. The molecule has 0 aliphatic heterocycles. The molecule has 198 valence electrons. The zero-order valence-electron chi connectivity index (χ0n) is 22.3. The van der Waals surface area contributed by atoms with E-state index in [0.29, 0.717) is 24.4 Å². The molecule has 8 heteroatoms. The molecule has 5 aromatic rings. The number of tetrazole rings is 1. The lowest BCUT2D eigenvalue weighted by Crippen LogP contribution is -2.30. The maximum Gasteiger partial charge on any atom is 0.257 e. The Bertz CT molecular complexity index is 1610. The summed E-state index contributed by atoms with van der Waals surface area (Å²) in [4.78, 5) is 18.8. The number of nitrogens with zero attached hydrogens (tertiary/aromatic N) is 5. The van der Waals surface area contributed by atoms with Crippen molar-refractivity contribution in [2.75, 3.05) is 0 Å². The number of aromatic amines is 1. The summed E-state index contributed by atoms with van der Waals surface area (Å²) >= 11 is 0. The van der Waals surface area contributed by atoms with Crippen LogP contribution in [0.25, 0.3) is 22.5 Å². The first-order valence-electron chi connectivity index (χ1n) is 13.3. The van der Waals surface area contributed by atoms with Gasteiger partial charge < -0.3 is 5.11 Å². The molecular formula is C31H32N6O2. The minimum absolute atomic E-state index is 0.00506. The molecule has 2 aromatic heterocycles. The summed E-state index contributed by atoms with van der Waals surface area (Å²) in [5, 5.41) is 24.0. The normalized spacial score (nSPS) is 11.2. The van der Waals surface area contributed by atoms with Crippen LogP contribution < -0.4 is 5.56 Å². The summed E-state index contributed by atoms with van der Waals surface area (Å²) in [5.41, 5.74) is 7.24. The molecule has 0 atom stereocenters. The van der Waals surface area contributed by atoms with E-state index in [4.69, 9.17) is 4.98 Å². The third kappa shape index (κ3) is 5.86. The van der Waals surface area contributed by atoms with Crippen LogP contribution in [-0.2, 0) is 26.0 Å². The second-order valence-corrected chi connectivity index (χ2v) is 9.72. The fourth-order valence-corrected chi connectivity index (χ4v) is 4.87. The van der Waals surface area contributed by atoms with Gasteiger partial charge in [0.2, 0.25) is 5.82 Å². The molecule has 0 unspecified atom stereocenters. The number of nitrogens with one attached hydrogen (secondary N) is 1. The molecule has 0 spiro atoms. The highest BCUT2D eigenvalue weighted by Crippen LogP contribution is 2.29. The van der Waals surface area contributed by atoms with Gasteiger partial charge in [-0.1, -0.05) is 86.1 Å². The van der Waals surface area contributed by atoms with Crippen molar-refractivity contribution in [3.05, 3.63) is 117 Å². The van der Waals surface area contributed by atoms with Crippen molar-refractivity contribution in [1.82, 2.24) is 30.2 Å². The number of H-pyrrole nitrogens is 1. The number of hydrogen-bond acceptors (Lipinski definition) is 6. The lowest BCUT2D eigenvalue weighted by molar-refractivity contribution is 0.281. The van der Waals surface area contributed by atoms with Crippen molar-refractivity contribution in [3.8, 4) is 22.5 Å². The Morgan fingerprint density at radius 1 is 0.923 bits per heavy atom. The van der Waals surface area contributed by atoms with E-state index in [1.807, 2.05) is 60.0 Å². The molecule has 5 rings (SSSR count). The van der Waals surface area contributed by atoms with Crippen LogP contribution in [0.4, 0.5) is 0 Å². The minimum Gasteiger partial charge on any atom is -0.392 e. The lowest BCUT2D eigenvalue weighted by atomic mass is 9.98. The van der Waals surface area contributed by atoms with Crippen molar-refractivity contribution in [1.29, 1.82) is 0 Å². The molecule has 2 N–H and O–H groups in total. The standard InChI is InChI=1S/C31H32N6O2/c1-3-4-12-29-32-21(2)28(18-23-8-7-9-24(17-23)20-38)31(39)37(29)19-22-13-15-25(16-14-22)26-10-5-6-11-27(26)30-33-35-36-34-30/h5-11,13-17,38H,3-4,12,18-20H2,1-2H3,(H,33,34,35,36). The van der Waals surface area contributed by atoms with Crippen LogP contribution in [0.1, 0.15) is 53.5 Å². The van der Waals surface area contributed by atoms with Gasteiger partial charge in [-0.2, -0.15) is 5.21 Å². The summed E-state index contributed by atoms with van der Waals surface area (Å²) in [7, 11) is 0. The molecule has 8 nitrogen and oxygen atoms in total. The molecule has 0 fully saturated rings. The maximum atomic E-state index is 13.9. The van der Waals surface area contributed by atoms with Gasteiger partial charge >= 0.3 is 0 Å². The van der Waals surface area contributed by atoms with Gasteiger partial charge in [0.05, 0.1) is 13.2 Å². The largest absolute Gasteiger partial charge is 0.392 e. The number of aromatic nitrogens is 6. The van der Waals surface area contributed by atoms with E-state index in [9.17, 15) is 9.90 Å². The quantitative estimate of drug-likeness (QED) is 0.272. The molecule has 0 amide bonds. The van der Waals surface area contributed by atoms with Crippen molar-refractivity contribution in [3.63, 3.8) is 0 Å². The molecule has 0 bridgehead atoms. The Hall–Kier alpha value is -4.43. The molecule has 3 aromatic carbocycles. The van der Waals surface area contributed by atoms with Crippen LogP contribution in [0.2, 0.25) is 0 Å². The van der Waals surface area contributed by atoms with Crippen molar-refractivity contribution >= 4 is 0 Å². The highest BCUT2D eigenvalue weighted by molar-refractivity contribution is 5.80. The van der Waals surface area contributed by atoms with Crippen LogP contribution in [0.15, 0.2) is 77.6 Å². The fourth-order valence-electron chi connectivity index (χ4n) is 4.87. The summed E-state index contributed by atoms with van der Waals surface area (Å²) in [6, 6.07) is 23.9. The Balaban J connectivity index is 1.47. The van der Waals surface area contributed by atoms with Gasteiger partial charge in [-0.25, -0.2) is 4.98 Å². The van der Waals surface area contributed by atoms with E-state index in [0.717, 1.165) is 64.2 Å². The average Bonchev–Trinajstić information content (AvgIpc) is 3.51. The first kappa shape index (κ1) is 26.2. The van der Waals surface area contributed by atoms with Crippen molar-refractivity contribution in [2.45, 2.75) is 52.7 Å². The van der Waals surface area contributed by atoms with E-state index in [1.165, 1.54) is 0 Å². The Kier molecular flexibility index (Phi) is 8.03. The number of aliphatic hydroxyl groups is 1. The topological polar surface area (TPSA) is 110 Å². The minimum atomic E-state index is -0.0270. The molecule has 0 aliphatic carbocycles. The number of aryl methyl sites for hydroxylation is 2. The molecule has 0 saturated heterocycles. The van der Waals surface area contributed by atoms with E-state index >= 15 is 0 Å². The van der Waals surface area contributed by atoms with Crippen molar-refractivity contribution in [2.24, 2.45) is 0 Å². The van der Waals surface area contributed by atoms with Gasteiger partial charge in [0.1, 0.15) is 5.82 Å². The van der Waals surface area contributed by atoms with Gasteiger partial charge in [-0.3, -0.25) is 9.36 Å². The van der Waals surface area contributed by atoms with E-state index in [-0.39, 0.29) is 12.2 Å². The monoisotopic (exact) mass is 520 g/mol. The molecule has 2 heterocycles. The summed E-state index contributed by atoms with van der Waals surface area (Å²) < 4.78 is 1.83. The van der Waals surface area contributed by atoms with Gasteiger partial charge in [0.15, 0.2) is 0 Å². The number of aliphatic hydroxyl groups excluding tert-OH is 1. The predicted octanol–water partition coefficient (Wildman–Crippen LogP) is 4.87. The number of benzene rings is 3. The second-order valence-electron chi connectivity index (χ2n) is 9.72. The van der Waals surface area contributed by atoms with Crippen LogP contribution in [0, 0.1) is 6.92 Å². The van der Waals surface area contributed by atoms with Gasteiger partial charge in [0, 0.05) is 29.7 Å². The zero-order chi connectivity index (χ0) is 27.2. The third-order valence-corrected chi connectivity index (χ3v) is 6.98. The van der Waals surface area contributed by atoms with Crippen LogP contribution in [0.3, 0.4) is 0 Å². The highest BCUT2D eigenvalue weighted by atomic mass is 16.3. The van der Waals surface area contributed by atoms with E-state index < -0.39 is 0 Å². The van der Waals surface area contributed by atoms with E-state index in [2.05, 4.69) is 51.8 Å². The first-order valence-corrected chi connectivity index (χ1v) is 13.3. The Labute approximate surface area is 227 Å². The van der Waals surface area contributed by atoms with Gasteiger partial charge in [0.25, 0.3) is 5.56 Å². The predicted molar refractivity (Wildman–Crippen MR) is 151 cm³/mol. The molecule has 0 radical (unpaired) electrons. The smallest absolute Gasteiger partial charge is 0.257 e. The lowest BCUT2D eigenvalue weighted by Gasteiger charge is -2.17. The van der Waals surface area contributed by atoms with Gasteiger partial charge in [-0.15, -0.1) is 10.2 Å². The highest BCUT2D eigenvalue weighted by Gasteiger charge is 2.16. The fraction of sp³-hybridized carbons (Fsp3) is 0.258. The number of hydrogen-bond donors (Lipinski definition) is 2. The first-order chi connectivity index (χ1) is 19.1. The second kappa shape index (κ2) is 12.0. The molecule has 39 heavy (non-hydrogen) atoms. The summed E-state index contributed by atoms with van der Waals surface area (Å²) in [5.74, 6) is 1.36. The third-order valence-electron chi connectivity index (χ3n) is 6.98. The summed E-state index contributed by atoms with van der Waals surface area (Å²) in [6.45, 7) is 4.48. The van der Waals surface area contributed by atoms with E-state index in [1.54, 1.807) is 0 Å². The Morgan fingerprint density at radius 3 is 2.41 bits per heavy atom. The van der Waals surface area contributed by atoms with Crippen LogP contribution in [-0.4, -0.2) is 35.3 Å². The van der Waals surface area contributed by atoms with Crippen LogP contribution in [0.5, 0.6) is 0 Å². The zero-order valence-corrected chi connectivity index (χ0v) is 22.3. The van der Waals surface area contributed by atoms with Crippen LogP contribution >= 0.6 is 0 Å². The Morgan fingerprint density at radius 2 is 1.69 bits per heavy atom. The maximum absolute atomic E-state index is 13.9. The number of unbranched alkanes of at least 4 members (excludes halogenated alkanes) is 1. The van der Waals surface area contributed by atoms with Crippen molar-refractivity contribution < 1.29 is 5.11 Å². The average molecular weight is 521 g/mol.